The summed E-state index contributed by atoms with van der Waals surface area (Å²) in [4.78, 5) is 0. The molecule has 1 aromatic heterocycles. The summed E-state index contributed by atoms with van der Waals surface area (Å²) in [5, 5.41) is 21.7. The highest BCUT2D eigenvalue weighted by Gasteiger charge is 2.04. The summed E-state index contributed by atoms with van der Waals surface area (Å²) < 4.78 is 6.76. The van der Waals surface area contributed by atoms with E-state index in [1.807, 2.05) is 25.4 Å². The number of benzene rings is 1. The number of aromatic nitrogens is 1. The molecule has 0 saturated carbocycles. The molecule has 1 heterocycles. The van der Waals surface area contributed by atoms with Crippen molar-refractivity contribution in [3.05, 3.63) is 41.7 Å². The van der Waals surface area contributed by atoms with Gasteiger partial charge in [-0.3, -0.25) is 0 Å². The van der Waals surface area contributed by atoms with Crippen molar-refractivity contribution in [1.29, 1.82) is 5.26 Å². The maximum Gasteiger partial charge on any atom is 0.160 e. The molecule has 2 aromatic rings. The predicted octanol–water partition coefficient (Wildman–Crippen LogP) is 2.22. The lowest BCUT2D eigenvalue weighted by atomic mass is 10.2. The number of aromatic hydroxyl groups is 1. The van der Waals surface area contributed by atoms with Crippen molar-refractivity contribution in [2.75, 3.05) is 12.4 Å². The van der Waals surface area contributed by atoms with Gasteiger partial charge in [0.25, 0.3) is 0 Å². The fourth-order valence-electron chi connectivity index (χ4n) is 1.84. The lowest BCUT2D eigenvalue weighted by Crippen LogP contribution is -1.98. The molecule has 2 rings (SSSR count). The summed E-state index contributed by atoms with van der Waals surface area (Å²) in [6.45, 7) is 0.585. The third-order valence-corrected chi connectivity index (χ3v) is 2.85. The molecule has 98 valence electrons. The largest absolute Gasteiger partial charge is 0.504 e. The van der Waals surface area contributed by atoms with Gasteiger partial charge in [-0.1, -0.05) is 0 Å². The number of nitrogens with zero attached hydrogens (tertiary/aromatic N) is 2. The first-order chi connectivity index (χ1) is 9.13. The summed E-state index contributed by atoms with van der Waals surface area (Å²) in [5.74, 6) is 0.537. The molecule has 0 radical (unpaired) electrons. The molecule has 0 saturated heterocycles. The van der Waals surface area contributed by atoms with Crippen LogP contribution in [0, 0.1) is 11.3 Å². The van der Waals surface area contributed by atoms with Gasteiger partial charge in [0, 0.05) is 31.5 Å². The Morgan fingerprint density at radius 3 is 2.79 bits per heavy atom. The van der Waals surface area contributed by atoms with E-state index in [4.69, 9.17) is 10.00 Å². The molecule has 0 bridgehead atoms. The number of ether oxygens (including phenoxy) is 1. The van der Waals surface area contributed by atoms with Gasteiger partial charge < -0.3 is 19.7 Å². The number of rotatable bonds is 4. The Kier molecular flexibility index (Phi) is 3.62. The molecule has 0 unspecified atom stereocenters. The number of phenols is 1. The molecular formula is C14H15N3O2. The van der Waals surface area contributed by atoms with E-state index in [1.165, 1.54) is 7.11 Å². The first-order valence-electron chi connectivity index (χ1n) is 5.80. The zero-order valence-corrected chi connectivity index (χ0v) is 10.8. The quantitative estimate of drug-likeness (QED) is 0.881. The Hall–Kier alpha value is -2.61. The van der Waals surface area contributed by atoms with Gasteiger partial charge in [0.1, 0.15) is 11.8 Å². The minimum atomic E-state index is 0.0956. The number of nitriles is 1. The molecule has 0 aliphatic carbocycles. The van der Waals surface area contributed by atoms with Gasteiger partial charge in [0.2, 0.25) is 0 Å². The van der Waals surface area contributed by atoms with E-state index >= 15 is 0 Å². The van der Waals surface area contributed by atoms with E-state index in [0.29, 0.717) is 18.0 Å². The van der Waals surface area contributed by atoms with Crippen molar-refractivity contribution in [2.45, 2.75) is 6.54 Å². The second-order valence-electron chi connectivity index (χ2n) is 4.20. The Balaban J connectivity index is 2.06. The second kappa shape index (κ2) is 5.36. The number of anilines is 1. The van der Waals surface area contributed by atoms with Gasteiger partial charge in [-0.2, -0.15) is 5.26 Å². The molecule has 0 spiro atoms. The molecule has 1 aromatic carbocycles. The Morgan fingerprint density at radius 2 is 2.21 bits per heavy atom. The maximum atomic E-state index is 9.66. The molecule has 19 heavy (non-hydrogen) atoms. The predicted molar refractivity (Wildman–Crippen MR) is 72.1 cm³/mol. The van der Waals surface area contributed by atoms with Crippen LogP contribution >= 0.6 is 0 Å². The van der Waals surface area contributed by atoms with Gasteiger partial charge in [-0.05, 0) is 23.8 Å². The summed E-state index contributed by atoms with van der Waals surface area (Å²) >= 11 is 0. The van der Waals surface area contributed by atoms with Gasteiger partial charge in [0.15, 0.2) is 11.5 Å². The fourth-order valence-corrected chi connectivity index (χ4v) is 1.84. The monoisotopic (exact) mass is 257 g/mol. The van der Waals surface area contributed by atoms with E-state index in [2.05, 4.69) is 11.4 Å². The van der Waals surface area contributed by atoms with Crippen LogP contribution in [0.3, 0.4) is 0 Å². The van der Waals surface area contributed by atoms with Crippen molar-refractivity contribution in [3.63, 3.8) is 0 Å². The summed E-state index contributed by atoms with van der Waals surface area (Å²) in [6.07, 6.45) is 1.90. The standard InChI is InChI=1S/C14H15N3O2/c1-17-9-10(5-12(17)7-15)8-16-11-3-4-14(19-2)13(18)6-11/h3-6,9,16,18H,8H2,1-2H3. The van der Waals surface area contributed by atoms with Gasteiger partial charge in [0.05, 0.1) is 7.11 Å². The first-order valence-corrected chi connectivity index (χ1v) is 5.80. The molecule has 0 atom stereocenters. The number of hydrogen-bond donors (Lipinski definition) is 2. The summed E-state index contributed by atoms with van der Waals surface area (Å²) in [6, 6.07) is 9.07. The van der Waals surface area contributed by atoms with E-state index in [9.17, 15) is 5.11 Å². The van der Waals surface area contributed by atoms with E-state index in [1.54, 1.807) is 16.7 Å². The minimum Gasteiger partial charge on any atom is -0.504 e. The van der Waals surface area contributed by atoms with E-state index in [-0.39, 0.29) is 5.75 Å². The highest BCUT2D eigenvalue weighted by molar-refractivity contribution is 5.54. The lowest BCUT2D eigenvalue weighted by Gasteiger charge is -2.08. The van der Waals surface area contributed by atoms with Gasteiger partial charge in [-0.25, -0.2) is 0 Å². The number of methoxy groups -OCH3 is 1. The Morgan fingerprint density at radius 1 is 1.42 bits per heavy atom. The summed E-state index contributed by atoms with van der Waals surface area (Å²) in [7, 11) is 3.34. The van der Waals surface area contributed by atoms with Gasteiger partial charge >= 0.3 is 0 Å². The van der Waals surface area contributed by atoms with Crippen LogP contribution in [0.5, 0.6) is 11.5 Å². The summed E-state index contributed by atoms with van der Waals surface area (Å²) in [5.41, 5.74) is 2.42. The average molecular weight is 257 g/mol. The van der Waals surface area contributed by atoms with Crippen LogP contribution in [-0.2, 0) is 13.6 Å². The van der Waals surface area contributed by atoms with Crippen LogP contribution in [-0.4, -0.2) is 16.8 Å². The van der Waals surface area contributed by atoms with Crippen molar-refractivity contribution in [3.8, 4) is 17.6 Å². The smallest absolute Gasteiger partial charge is 0.160 e. The Labute approximate surface area is 111 Å². The number of phenolic OH excluding ortho intramolecular Hbond substituents is 1. The lowest BCUT2D eigenvalue weighted by molar-refractivity contribution is 0.373. The van der Waals surface area contributed by atoms with Crippen LogP contribution in [0.2, 0.25) is 0 Å². The van der Waals surface area contributed by atoms with E-state index in [0.717, 1.165) is 11.3 Å². The zero-order chi connectivity index (χ0) is 13.8. The first kappa shape index (κ1) is 12.8. The SMILES string of the molecule is COc1ccc(NCc2cc(C#N)n(C)c2)cc1O. The number of aryl methyl sites for hydroxylation is 1. The number of hydrogen-bond acceptors (Lipinski definition) is 4. The highest BCUT2D eigenvalue weighted by Crippen LogP contribution is 2.28. The Bertz CT molecular complexity index is 626. The zero-order valence-electron chi connectivity index (χ0n) is 10.8. The van der Waals surface area contributed by atoms with Crippen molar-refractivity contribution in [1.82, 2.24) is 4.57 Å². The van der Waals surface area contributed by atoms with Crippen LogP contribution in [0.25, 0.3) is 0 Å². The van der Waals surface area contributed by atoms with Crippen LogP contribution in [0.1, 0.15) is 11.3 Å². The highest BCUT2D eigenvalue weighted by atomic mass is 16.5. The minimum absolute atomic E-state index is 0.0956. The molecule has 2 N–H and O–H groups in total. The third-order valence-electron chi connectivity index (χ3n) is 2.85. The molecule has 5 heteroatoms. The maximum absolute atomic E-state index is 9.66. The van der Waals surface area contributed by atoms with Crippen LogP contribution in [0.15, 0.2) is 30.5 Å². The van der Waals surface area contributed by atoms with Gasteiger partial charge in [-0.15, -0.1) is 0 Å². The second-order valence-corrected chi connectivity index (χ2v) is 4.20. The molecule has 0 fully saturated rings. The molecule has 0 amide bonds. The third kappa shape index (κ3) is 2.80. The van der Waals surface area contributed by atoms with E-state index < -0.39 is 0 Å². The normalized spacial score (nSPS) is 9.95. The molecular weight excluding hydrogens is 242 g/mol. The topological polar surface area (TPSA) is 70.2 Å². The van der Waals surface area contributed by atoms with Crippen molar-refractivity contribution >= 4 is 5.69 Å². The molecule has 5 nitrogen and oxygen atoms in total. The van der Waals surface area contributed by atoms with Crippen LogP contribution in [0.4, 0.5) is 5.69 Å². The van der Waals surface area contributed by atoms with Crippen molar-refractivity contribution in [2.24, 2.45) is 7.05 Å². The molecule has 0 aliphatic heterocycles. The number of nitrogens with one attached hydrogen (secondary N) is 1. The molecule has 0 aliphatic rings. The average Bonchev–Trinajstić information content (AvgIpc) is 2.77. The fraction of sp³-hybridized carbons (Fsp3) is 0.214. The van der Waals surface area contributed by atoms with Crippen molar-refractivity contribution < 1.29 is 9.84 Å². The van der Waals surface area contributed by atoms with Crippen LogP contribution < -0.4 is 10.1 Å².